The van der Waals surface area contributed by atoms with E-state index in [9.17, 15) is 19.8 Å². The van der Waals surface area contributed by atoms with Crippen molar-refractivity contribution in [2.75, 3.05) is 13.2 Å². The molecule has 3 atom stereocenters. The van der Waals surface area contributed by atoms with Gasteiger partial charge in [-0.2, -0.15) is 11.3 Å². The minimum absolute atomic E-state index is 0.00311. The normalized spacial score (nSPS) is 18.0. The second-order valence-corrected chi connectivity index (χ2v) is 9.73. The van der Waals surface area contributed by atoms with Crippen LogP contribution in [-0.4, -0.2) is 47.1 Å². The highest BCUT2D eigenvalue weighted by molar-refractivity contribution is 7.07. The van der Waals surface area contributed by atoms with E-state index in [1.807, 2.05) is 29.8 Å². The molecule has 0 saturated heterocycles. The van der Waals surface area contributed by atoms with E-state index in [2.05, 4.69) is 5.32 Å². The van der Waals surface area contributed by atoms with Gasteiger partial charge in [0.1, 0.15) is 0 Å². The van der Waals surface area contributed by atoms with Crippen LogP contribution in [0.5, 0.6) is 11.5 Å². The predicted molar refractivity (Wildman–Crippen MR) is 135 cm³/mol. The molecule has 4 rings (SSSR count). The van der Waals surface area contributed by atoms with Crippen LogP contribution in [0.4, 0.5) is 0 Å². The Hall–Kier alpha value is -3.11. The number of carbonyl (C=O) groups excluding carboxylic acids is 1. The van der Waals surface area contributed by atoms with Gasteiger partial charge >= 0.3 is 17.7 Å². The summed E-state index contributed by atoms with van der Waals surface area (Å²) in [4.78, 5) is 24.6. The number of carboxylic acid groups (broad SMARTS) is 1. The molecule has 0 saturated carbocycles. The Bertz CT molecular complexity index is 1220. The molecule has 8 nitrogen and oxygen atoms in total. The third-order valence-electron chi connectivity index (χ3n) is 5.70. The number of hydrogen-bond acceptors (Lipinski definition) is 8. The summed E-state index contributed by atoms with van der Waals surface area (Å²) in [6.45, 7) is 2.29. The van der Waals surface area contributed by atoms with Gasteiger partial charge in [-0.1, -0.05) is 29.8 Å². The Morgan fingerprint density at radius 2 is 1.94 bits per heavy atom. The highest BCUT2D eigenvalue weighted by Crippen LogP contribution is 2.41. The first-order chi connectivity index (χ1) is 17.3. The van der Waals surface area contributed by atoms with Gasteiger partial charge in [0.2, 0.25) is 0 Å². The number of carboxylic acids is 1. The van der Waals surface area contributed by atoms with Crippen LogP contribution < -0.4 is 14.8 Å². The molecular weight excluding hydrogens is 506 g/mol. The number of esters is 1. The summed E-state index contributed by atoms with van der Waals surface area (Å²) in [6, 6.07) is 13.9. The standard InChI is InChI=1S/C26H26ClNO7S/c1-16(28-14-21(29)19-3-2-4-20(27)13-19)11-18-5-6-22-23(12-18)35-26(34-22,24(30)31)25(32)33-9-7-17-8-10-36-15-17/h2-6,8,10,12-13,15-16,21,28-29H,7,9,11,14H2,1H3,(H,30,31). The minimum atomic E-state index is -2.58. The van der Waals surface area contributed by atoms with E-state index in [-0.39, 0.29) is 24.1 Å². The number of hydrogen-bond donors (Lipinski definition) is 3. The Labute approximate surface area is 217 Å². The number of aliphatic carboxylic acids is 1. The maximum atomic E-state index is 12.7. The first-order valence-corrected chi connectivity index (χ1v) is 12.7. The van der Waals surface area contributed by atoms with Crippen LogP contribution in [0.15, 0.2) is 59.3 Å². The zero-order chi connectivity index (χ0) is 25.7. The molecule has 0 bridgehead atoms. The average Bonchev–Trinajstić information content (AvgIpc) is 3.50. The molecule has 3 aromatic rings. The van der Waals surface area contributed by atoms with E-state index in [1.165, 1.54) is 11.3 Å². The number of carbonyl (C=O) groups is 2. The molecule has 0 aliphatic carbocycles. The van der Waals surface area contributed by atoms with Crippen molar-refractivity contribution in [2.45, 2.75) is 37.7 Å². The van der Waals surface area contributed by atoms with Gasteiger partial charge < -0.3 is 29.7 Å². The largest absolute Gasteiger partial charge is 0.475 e. The van der Waals surface area contributed by atoms with Crippen LogP contribution in [0.25, 0.3) is 0 Å². The SMILES string of the molecule is CC(Cc1ccc2c(c1)OC(C(=O)O)(C(=O)OCCc1ccsc1)O2)NCC(O)c1cccc(Cl)c1. The third kappa shape index (κ3) is 5.99. The van der Waals surface area contributed by atoms with Crippen molar-refractivity contribution >= 4 is 34.9 Å². The van der Waals surface area contributed by atoms with Crippen molar-refractivity contribution in [2.24, 2.45) is 0 Å². The molecule has 2 aromatic carbocycles. The van der Waals surface area contributed by atoms with Gasteiger partial charge in [-0.15, -0.1) is 0 Å². The summed E-state index contributed by atoms with van der Waals surface area (Å²) in [5.74, 6) is -5.00. The van der Waals surface area contributed by atoms with E-state index >= 15 is 0 Å². The fourth-order valence-corrected chi connectivity index (χ4v) is 4.70. The van der Waals surface area contributed by atoms with Crippen LogP contribution in [0.2, 0.25) is 5.02 Å². The Morgan fingerprint density at radius 3 is 2.67 bits per heavy atom. The first kappa shape index (κ1) is 26.0. The van der Waals surface area contributed by atoms with Crippen LogP contribution >= 0.6 is 22.9 Å². The lowest BCUT2D eigenvalue weighted by atomic mass is 10.1. The number of rotatable bonds is 11. The predicted octanol–water partition coefficient (Wildman–Crippen LogP) is 3.99. The number of aliphatic hydroxyl groups is 1. The zero-order valence-corrected chi connectivity index (χ0v) is 21.1. The molecule has 3 N–H and O–H groups in total. The first-order valence-electron chi connectivity index (χ1n) is 11.4. The average molecular weight is 532 g/mol. The summed E-state index contributed by atoms with van der Waals surface area (Å²) in [5.41, 5.74) is 2.54. The number of ether oxygens (including phenoxy) is 3. The fourth-order valence-electron chi connectivity index (χ4n) is 3.79. The Balaban J connectivity index is 1.34. The topological polar surface area (TPSA) is 114 Å². The summed E-state index contributed by atoms with van der Waals surface area (Å²) >= 11 is 7.51. The van der Waals surface area contributed by atoms with Gasteiger partial charge in [-0.3, -0.25) is 0 Å². The summed E-state index contributed by atoms with van der Waals surface area (Å²) in [5, 5.41) is 27.8. The van der Waals surface area contributed by atoms with Gasteiger partial charge in [0.05, 0.1) is 12.7 Å². The summed E-state index contributed by atoms with van der Waals surface area (Å²) < 4.78 is 16.2. The lowest BCUT2D eigenvalue weighted by Crippen LogP contribution is -2.55. The van der Waals surface area contributed by atoms with Crippen molar-refractivity contribution in [1.82, 2.24) is 5.32 Å². The molecule has 10 heteroatoms. The number of thiophene rings is 1. The van der Waals surface area contributed by atoms with Gasteiger partial charge in [-0.25, -0.2) is 9.59 Å². The number of aliphatic hydroxyl groups excluding tert-OH is 1. The smallest absolute Gasteiger partial charge is 0.453 e. The molecule has 1 aliphatic rings. The molecule has 0 radical (unpaired) electrons. The van der Waals surface area contributed by atoms with Crippen LogP contribution in [0.3, 0.4) is 0 Å². The van der Waals surface area contributed by atoms with Crippen molar-refractivity contribution in [3.63, 3.8) is 0 Å². The van der Waals surface area contributed by atoms with Crippen molar-refractivity contribution in [3.05, 3.63) is 81.0 Å². The highest BCUT2D eigenvalue weighted by Gasteiger charge is 2.58. The molecule has 190 valence electrons. The van der Waals surface area contributed by atoms with Crippen molar-refractivity contribution in [1.29, 1.82) is 0 Å². The highest BCUT2D eigenvalue weighted by atomic mass is 35.5. The van der Waals surface area contributed by atoms with E-state index < -0.39 is 23.8 Å². The van der Waals surface area contributed by atoms with Gasteiger partial charge in [0.25, 0.3) is 0 Å². The van der Waals surface area contributed by atoms with Gasteiger partial charge in [0.15, 0.2) is 11.5 Å². The Kier molecular flexibility index (Phi) is 8.15. The van der Waals surface area contributed by atoms with Crippen molar-refractivity contribution < 1.29 is 34.0 Å². The number of benzene rings is 2. The minimum Gasteiger partial charge on any atom is -0.475 e. The van der Waals surface area contributed by atoms with Gasteiger partial charge in [-0.05, 0) is 71.1 Å². The molecule has 2 heterocycles. The second kappa shape index (κ2) is 11.3. The third-order valence-corrected chi connectivity index (χ3v) is 6.67. The van der Waals surface area contributed by atoms with E-state index in [0.717, 1.165) is 16.7 Å². The summed E-state index contributed by atoms with van der Waals surface area (Å²) in [6.07, 6.45) is 0.299. The molecule has 36 heavy (non-hydrogen) atoms. The van der Waals surface area contributed by atoms with Crippen molar-refractivity contribution in [3.8, 4) is 11.5 Å². The quantitative estimate of drug-likeness (QED) is 0.251. The van der Waals surface area contributed by atoms with Gasteiger partial charge in [0, 0.05) is 24.0 Å². The second-order valence-electron chi connectivity index (χ2n) is 8.51. The molecule has 0 spiro atoms. The number of nitrogens with one attached hydrogen (secondary N) is 1. The molecule has 1 aromatic heterocycles. The van der Waals surface area contributed by atoms with E-state index in [1.54, 1.807) is 36.4 Å². The molecule has 0 fully saturated rings. The molecule has 1 aliphatic heterocycles. The lowest BCUT2D eigenvalue weighted by Gasteiger charge is -2.20. The summed E-state index contributed by atoms with van der Waals surface area (Å²) in [7, 11) is 0. The zero-order valence-electron chi connectivity index (χ0n) is 19.5. The maximum Gasteiger partial charge on any atom is 0.453 e. The molecular formula is C26H26ClNO7S. The fraction of sp³-hybridized carbons (Fsp3) is 0.308. The lowest BCUT2D eigenvalue weighted by molar-refractivity contribution is -0.198. The van der Waals surface area contributed by atoms with Crippen LogP contribution in [0.1, 0.15) is 29.7 Å². The maximum absolute atomic E-state index is 12.7. The van der Waals surface area contributed by atoms with E-state index in [0.29, 0.717) is 24.4 Å². The number of fused-ring (bicyclic) bond motifs is 1. The van der Waals surface area contributed by atoms with Crippen LogP contribution in [-0.2, 0) is 27.2 Å². The number of halogens is 1. The van der Waals surface area contributed by atoms with E-state index in [4.69, 9.17) is 25.8 Å². The van der Waals surface area contributed by atoms with Crippen LogP contribution in [0, 0.1) is 0 Å². The monoisotopic (exact) mass is 531 g/mol. The Morgan fingerprint density at radius 1 is 1.14 bits per heavy atom. The molecule has 0 amide bonds. The molecule has 3 unspecified atom stereocenters.